The van der Waals surface area contributed by atoms with Gasteiger partial charge in [-0.2, -0.15) is 0 Å². The Bertz CT molecular complexity index is 467. The Balaban J connectivity index is 2.16. The average Bonchev–Trinajstić information content (AvgIpc) is 2.46. The second-order valence-corrected chi connectivity index (χ2v) is 6.56. The summed E-state index contributed by atoms with van der Waals surface area (Å²) in [4.78, 5) is 13.0. The number of Topliss-reactive ketones (excluding diaryl/α,β-unsaturated/α-hetero) is 1. The first-order chi connectivity index (χ1) is 9.70. The maximum absolute atomic E-state index is 11.8. The van der Waals surface area contributed by atoms with Crippen molar-refractivity contribution in [2.45, 2.75) is 42.8 Å². The molecule has 2 atom stereocenters. The Morgan fingerprint density at radius 3 is 2.80 bits per heavy atom. The number of benzene rings is 1. The minimum Gasteiger partial charge on any atom is -0.504 e. The topological polar surface area (TPSA) is 26.3 Å². The summed E-state index contributed by atoms with van der Waals surface area (Å²) in [5.41, 5.74) is 1.21. The van der Waals surface area contributed by atoms with Gasteiger partial charge in [-0.05, 0) is 43.4 Å². The van der Waals surface area contributed by atoms with Crippen LogP contribution < -0.4 is 0 Å². The maximum Gasteiger partial charge on any atom is 0.133 e. The number of carbonyl (C=O) groups is 1. The van der Waals surface area contributed by atoms with Crippen LogP contribution in [0.1, 0.15) is 32.6 Å². The van der Waals surface area contributed by atoms with Crippen molar-refractivity contribution in [2.75, 3.05) is 7.11 Å². The van der Waals surface area contributed by atoms with E-state index in [4.69, 9.17) is 4.74 Å². The third-order valence-electron chi connectivity index (χ3n) is 3.71. The molecule has 0 amide bonds. The largest absolute Gasteiger partial charge is 0.504 e. The van der Waals surface area contributed by atoms with Gasteiger partial charge in [-0.25, -0.2) is 0 Å². The van der Waals surface area contributed by atoms with Gasteiger partial charge in [0.25, 0.3) is 0 Å². The van der Waals surface area contributed by atoms with Gasteiger partial charge in [0.2, 0.25) is 0 Å². The average molecular weight is 290 g/mol. The van der Waals surface area contributed by atoms with Crippen LogP contribution in [0, 0.1) is 5.92 Å². The first-order valence-electron chi connectivity index (χ1n) is 7.13. The second-order valence-electron chi connectivity index (χ2n) is 5.34. The molecule has 2 nitrogen and oxygen atoms in total. The highest BCUT2D eigenvalue weighted by molar-refractivity contribution is 8.00. The van der Waals surface area contributed by atoms with Gasteiger partial charge in [0.05, 0.1) is 13.4 Å². The summed E-state index contributed by atoms with van der Waals surface area (Å²) >= 11 is 1.84. The lowest BCUT2D eigenvalue weighted by Crippen LogP contribution is -2.25. The van der Waals surface area contributed by atoms with E-state index in [1.807, 2.05) is 24.1 Å². The highest BCUT2D eigenvalue weighted by Crippen LogP contribution is 2.38. The monoisotopic (exact) mass is 290 g/mol. The first-order valence-corrected chi connectivity index (χ1v) is 8.01. The van der Waals surface area contributed by atoms with Crippen LogP contribution in [0.5, 0.6) is 0 Å². The van der Waals surface area contributed by atoms with Crippen molar-refractivity contribution >= 4 is 17.5 Å². The molecule has 20 heavy (non-hydrogen) atoms. The molecule has 0 spiro atoms. The van der Waals surface area contributed by atoms with Gasteiger partial charge in [-0.3, -0.25) is 4.79 Å². The third-order valence-corrected chi connectivity index (χ3v) is 5.26. The molecule has 108 valence electrons. The van der Waals surface area contributed by atoms with Crippen LogP contribution in [0.4, 0.5) is 0 Å². The number of thioether (sulfide) groups is 1. The van der Waals surface area contributed by atoms with E-state index >= 15 is 0 Å². The van der Waals surface area contributed by atoms with Crippen LogP contribution in [0.2, 0.25) is 0 Å². The van der Waals surface area contributed by atoms with Gasteiger partial charge in [-0.1, -0.05) is 18.2 Å². The standard InChI is InChI=1S/C17H22O2S/c1-13(12-19-2)17(14-7-6-8-15(18)11-14)20-16-9-4-3-5-10-16/h3-5,9-10,12,14,17H,6-8,11H2,1-2H3. The summed E-state index contributed by atoms with van der Waals surface area (Å²) in [7, 11) is 1.68. The molecule has 1 aliphatic carbocycles. The summed E-state index contributed by atoms with van der Waals surface area (Å²) in [6.07, 6.45) is 5.44. The van der Waals surface area contributed by atoms with Crippen molar-refractivity contribution in [1.29, 1.82) is 0 Å². The summed E-state index contributed by atoms with van der Waals surface area (Å²) in [5, 5.41) is 0.321. The van der Waals surface area contributed by atoms with E-state index in [0.717, 1.165) is 19.3 Å². The zero-order valence-corrected chi connectivity index (χ0v) is 13.0. The van der Waals surface area contributed by atoms with Gasteiger partial charge in [0.15, 0.2) is 0 Å². The Hall–Kier alpha value is -1.22. The SMILES string of the molecule is COC=C(C)C(Sc1ccccc1)C1CCCC(=O)C1. The molecular weight excluding hydrogens is 268 g/mol. The molecular formula is C17H22O2S. The number of hydrogen-bond donors (Lipinski definition) is 0. The fourth-order valence-electron chi connectivity index (χ4n) is 2.78. The molecule has 0 aliphatic heterocycles. The van der Waals surface area contributed by atoms with Crippen molar-refractivity contribution in [3.8, 4) is 0 Å². The van der Waals surface area contributed by atoms with Crippen LogP contribution in [0.25, 0.3) is 0 Å². The second kappa shape index (κ2) is 7.53. The number of methoxy groups -OCH3 is 1. The van der Waals surface area contributed by atoms with E-state index in [9.17, 15) is 4.79 Å². The molecule has 2 rings (SSSR count). The maximum atomic E-state index is 11.8. The van der Waals surface area contributed by atoms with Gasteiger partial charge >= 0.3 is 0 Å². The Labute approximate surface area is 125 Å². The van der Waals surface area contributed by atoms with Crippen LogP contribution in [-0.4, -0.2) is 18.1 Å². The zero-order valence-electron chi connectivity index (χ0n) is 12.2. The summed E-state index contributed by atoms with van der Waals surface area (Å²) in [5.74, 6) is 0.831. The van der Waals surface area contributed by atoms with E-state index in [2.05, 4.69) is 31.2 Å². The highest BCUT2D eigenvalue weighted by atomic mass is 32.2. The summed E-state index contributed by atoms with van der Waals surface area (Å²) < 4.78 is 5.18. The van der Waals surface area contributed by atoms with E-state index in [1.165, 1.54) is 10.5 Å². The number of ketones is 1. The van der Waals surface area contributed by atoms with E-state index in [-0.39, 0.29) is 0 Å². The molecule has 2 unspecified atom stereocenters. The molecule has 1 aliphatic rings. The summed E-state index contributed by atoms with van der Waals surface area (Å²) in [6.45, 7) is 2.10. The lowest BCUT2D eigenvalue weighted by molar-refractivity contribution is -0.121. The van der Waals surface area contributed by atoms with Crippen LogP contribution in [0.15, 0.2) is 47.1 Å². The van der Waals surface area contributed by atoms with Gasteiger partial charge in [-0.15, -0.1) is 11.8 Å². The Kier molecular flexibility index (Phi) is 5.72. The minimum atomic E-state index is 0.321. The van der Waals surface area contributed by atoms with Gasteiger partial charge in [0.1, 0.15) is 5.78 Å². The van der Waals surface area contributed by atoms with Crippen molar-refractivity contribution in [3.05, 3.63) is 42.2 Å². The van der Waals surface area contributed by atoms with Gasteiger partial charge < -0.3 is 4.74 Å². The summed E-state index contributed by atoms with van der Waals surface area (Å²) in [6, 6.07) is 10.4. The van der Waals surface area contributed by atoms with E-state index < -0.39 is 0 Å². The Morgan fingerprint density at radius 2 is 2.15 bits per heavy atom. The molecule has 0 aromatic heterocycles. The molecule has 1 saturated carbocycles. The van der Waals surface area contributed by atoms with E-state index in [0.29, 0.717) is 23.4 Å². The molecule has 0 heterocycles. The molecule has 1 aromatic rings. The zero-order chi connectivity index (χ0) is 14.4. The number of carbonyl (C=O) groups excluding carboxylic acids is 1. The quantitative estimate of drug-likeness (QED) is 0.591. The van der Waals surface area contributed by atoms with Crippen molar-refractivity contribution in [2.24, 2.45) is 5.92 Å². The number of rotatable bonds is 5. The lowest BCUT2D eigenvalue weighted by atomic mass is 9.84. The van der Waals surface area contributed by atoms with Crippen molar-refractivity contribution in [3.63, 3.8) is 0 Å². The Morgan fingerprint density at radius 1 is 1.40 bits per heavy atom. The van der Waals surface area contributed by atoms with Crippen LogP contribution in [0.3, 0.4) is 0 Å². The minimum absolute atomic E-state index is 0.321. The van der Waals surface area contributed by atoms with E-state index in [1.54, 1.807) is 7.11 Å². The molecule has 0 bridgehead atoms. The molecule has 1 fully saturated rings. The molecule has 0 N–H and O–H groups in total. The van der Waals surface area contributed by atoms with Crippen molar-refractivity contribution in [1.82, 2.24) is 0 Å². The highest BCUT2D eigenvalue weighted by Gasteiger charge is 2.29. The number of ether oxygens (including phenoxy) is 1. The first kappa shape index (κ1) is 15.2. The molecule has 1 aromatic carbocycles. The molecule has 3 heteroatoms. The fraction of sp³-hybridized carbons (Fsp3) is 0.471. The lowest BCUT2D eigenvalue weighted by Gasteiger charge is -2.29. The predicted octanol–water partition coefficient (Wildman–Crippen LogP) is 4.46. The van der Waals surface area contributed by atoms with Crippen LogP contribution >= 0.6 is 11.8 Å². The fourth-order valence-corrected chi connectivity index (χ4v) is 4.05. The van der Waals surface area contributed by atoms with Crippen LogP contribution in [-0.2, 0) is 9.53 Å². The van der Waals surface area contributed by atoms with Crippen molar-refractivity contribution < 1.29 is 9.53 Å². The third kappa shape index (κ3) is 4.14. The smallest absolute Gasteiger partial charge is 0.133 e. The number of hydrogen-bond acceptors (Lipinski definition) is 3. The normalized spacial score (nSPS) is 21.6. The molecule has 0 saturated heterocycles. The molecule has 0 radical (unpaired) electrons. The van der Waals surface area contributed by atoms with Gasteiger partial charge in [0, 0.05) is 23.0 Å². The predicted molar refractivity (Wildman–Crippen MR) is 83.8 cm³/mol.